The van der Waals surface area contributed by atoms with Crippen LogP contribution in [0.15, 0.2) is 5.57 Å². The summed E-state index contributed by atoms with van der Waals surface area (Å²) in [7, 11) is 1.99. The van der Waals surface area contributed by atoms with Crippen molar-refractivity contribution in [2.45, 2.75) is 27.7 Å². The molecular formula is C12H21N3. The first-order valence-corrected chi connectivity index (χ1v) is 5.44. The van der Waals surface area contributed by atoms with Crippen LogP contribution in [0.2, 0.25) is 0 Å². The number of nitrogens with zero attached hydrogens (tertiary/aromatic N) is 2. The summed E-state index contributed by atoms with van der Waals surface area (Å²) in [6.45, 7) is 10.4. The largest absolute Gasteiger partial charge is 0.313 e. The van der Waals surface area contributed by atoms with Crippen molar-refractivity contribution in [1.29, 1.82) is 0 Å². The zero-order valence-electron chi connectivity index (χ0n) is 10.4. The van der Waals surface area contributed by atoms with Crippen LogP contribution in [0.25, 0.3) is 6.08 Å². The minimum atomic E-state index is 0.949. The molecule has 3 nitrogen and oxygen atoms in total. The molecule has 3 heteroatoms. The first-order valence-electron chi connectivity index (χ1n) is 5.44. The van der Waals surface area contributed by atoms with Crippen LogP contribution in [0.1, 0.15) is 30.8 Å². The smallest absolute Gasteiger partial charge is 0.0668 e. The summed E-state index contributed by atoms with van der Waals surface area (Å²) in [5.41, 5.74) is 4.93. The Bertz CT molecular complexity index is 361. The predicted octanol–water partition coefficient (Wildman–Crippen LogP) is 2.05. The second kappa shape index (κ2) is 5.12. The number of aryl methyl sites for hydroxylation is 2. The standard InChI is InChI=1S/C12H21N3/c1-6-13-8-9(2)7-12-10(3)14-15(5)11(12)4/h7,13H,6,8H2,1-5H3. The van der Waals surface area contributed by atoms with Gasteiger partial charge in [0.25, 0.3) is 0 Å². The molecular weight excluding hydrogens is 186 g/mol. The highest BCUT2D eigenvalue weighted by atomic mass is 15.3. The van der Waals surface area contributed by atoms with Crippen molar-refractivity contribution in [3.63, 3.8) is 0 Å². The Labute approximate surface area is 92.2 Å². The van der Waals surface area contributed by atoms with Gasteiger partial charge in [-0.2, -0.15) is 5.10 Å². The molecule has 1 heterocycles. The lowest BCUT2D eigenvalue weighted by molar-refractivity contribution is 0.731. The summed E-state index contributed by atoms with van der Waals surface area (Å²) in [6, 6.07) is 0. The summed E-state index contributed by atoms with van der Waals surface area (Å²) in [4.78, 5) is 0. The first-order chi connectivity index (χ1) is 7.06. The molecule has 0 bridgehead atoms. The van der Waals surface area contributed by atoms with Crippen molar-refractivity contribution in [2.75, 3.05) is 13.1 Å². The van der Waals surface area contributed by atoms with Gasteiger partial charge >= 0.3 is 0 Å². The monoisotopic (exact) mass is 207 g/mol. The normalized spacial score (nSPS) is 12.2. The van der Waals surface area contributed by atoms with Crippen molar-refractivity contribution in [1.82, 2.24) is 15.1 Å². The zero-order valence-corrected chi connectivity index (χ0v) is 10.4. The zero-order chi connectivity index (χ0) is 11.4. The maximum atomic E-state index is 4.40. The molecule has 0 spiro atoms. The number of likely N-dealkylation sites (N-methyl/N-ethyl adjacent to an activating group) is 1. The number of nitrogens with one attached hydrogen (secondary N) is 1. The molecule has 0 aliphatic heterocycles. The van der Waals surface area contributed by atoms with Crippen molar-refractivity contribution in [3.05, 3.63) is 22.5 Å². The molecule has 0 aliphatic rings. The summed E-state index contributed by atoms with van der Waals surface area (Å²) in [5, 5.41) is 7.71. The van der Waals surface area contributed by atoms with E-state index in [1.54, 1.807) is 0 Å². The molecule has 0 radical (unpaired) electrons. The third kappa shape index (κ3) is 2.93. The van der Waals surface area contributed by atoms with Gasteiger partial charge in [0.15, 0.2) is 0 Å². The van der Waals surface area contributed by atoms with Gasteiger partial charge in [0.05, 0.1) is 5.69 Å². The molecule has 1 aromatic rings. The van der Waals surface area contributed by atoms with Gasteiger partial charge in [-0.3, -0.25) is 4.68 Å². The summed E-state index contributed by atoms with van der Waals surface area (Å²) in [5.74, 6) is 0. The fourth-order valence-electron chi connectivity index (χ4n) is 1.62. The van der Waals surface area contributed by atoms with E-state index in [9.17, 15) is 0 Å². The van der Waals surface area contributed by atoms with Gasteiger partial charge in [-0.15, -0.1) is 0 Å². The predicted molar refractivity (Wildman–Crippen MR) is 64.9 cm³/mol. The summed E-state index contributed by atoms with van der Waals surface area (Å²) >= 11 is 0. The fraction of sp³-hybridized carbons (Fsp3) is 0.583. The Kier molecular flexibility index (Phi) is 4.09. The minimum Gasteiger partial charge on any atom is -0.313 e. The molecule has 0 saturated carbocycles. The van der Waals surface area contributed by atoms with Crippen LogP contribution in [-0.4, -0.2) is 22.9 Å². The molecule has 0 unspecified atom stereocenters. The highest BCUT2D eigenvalue weighted by molar-refractivity contribution is 5.57. The second-order valence-electron chi connectivity index (χ2n) is 3.98. The van der Waals surface area contributed by atoms with Crippen LogP contribution in [0.5, 0.6) is 0 Å². The van der Waals surface area contributed by atoms with E-state index in [0.29, 0.717) is 0 Å². The average Bonchev–Trinajstić information content (AvgIpc) is 2.42. The molecule has 1 N–H and O–H groups in total. The Morgan fingerprint density at radius 3 is 2.60 bits per heavy atom. The number of hydrogen-bond donors (Lipinski definition) is 1. The van der Waals surface area contributed by atoms with Crippen LogP contribution >= 0.6 is 0 Å². The van der Waals surface area contributed by atoms with Crippen LogP contribution in [0.4, 0.5) is 0 Å². The first kappa shape index (κ1) is 12.0. The molecule has 1 aromatic heterocycles. The Morgan fingerprint density at radius 1 is 1.47 bits per heavy atom. The minimum absolute atomic E-state index is 0.949. The fourth-order valence-corrected chi connectivity index (χ4v) is 1.62. The molecule has 0 fully saturated rings. The van der Waals surface area contributed by atoms with Crippen molar-refractivity contribution in [2.24, 2.45) is 7.05 Å². The van der Waals surface area contributed by atoms with Gasteiger partial charge in [0.1, 0.15) is 0 Å². The highest BCUT2D eigenvalue weighted by Gasteiger charge is 2.06. The van der Waals surface area contributed by atoms with E-state index in [1.165, 1.54) is 16.8 Å². The van der Waals surface area contributed by atoms with E-state index in [4.69, 9.17) is 0 Å². The molecule has 0 atom stereocenters. The molecule has 0 saturated heterocycles. The highest BCUT2D eigenvalue weighted by Crippen LogP contribution is 2.15. The maximum absolute atomic E-state index is 4.40. The second-order valence-corrected chi connectivity index (χ2v) is 3.98. The number of hydrogen-bond acceptors (Lipinski definition) is 2. The van der Waals surface area contributed by atoms with E-state index >= 15 is 0 Å². The SMILES string of the molecule is CCNCC(C)=Cc1c(C)nn(C)c1C. The van der Waals surface area contributed by atoms with Gasteiger partial charge < -0.3 is 5.32 Å². The van der Waals surface area contributed by atoms with Gasteiger partial charge in [-0.05, 0) is 27.3 Å². The number of rotatable bonds is 4. The van der Waals surface area contributed by atoms with Gasteiger partial charge in [0.2, 0.25) is 0 Å². The molecule has 84 valence electrons. The molecule has 0 aromatic carbocycles. The van der Waals surface area contributed by atoms with E-state index < -0.39 is 0 Å². The Balaban J connectivity index is 2.87. The Morgan fingerprint density at radius 2 is 2.13 bits per heavy atom. The van der Waals surface area contributed by atoms with E-state index in [0.717, 1.165) is 18.8 Å². The van der Waals surface area contributed by atoms with E-state index in [1.807, 2.05) is 11.7 Å². The van der Waals surface area contributed by atoms with Crippen molar-refractivity contribution in [3.8, 4) is 0 Å². The quantitative estimate of drug-likeness (QED) is 0.819. The van der Waals surface area contributed by atoms with Crippen molar-refractivity contribution < 1.29 is 0 Å². The number of aromatic nitrogens is 2. The van der Waals surface area contributed by atoms with Crippen LogP contribution in [0.3, 0.4) is 0 Å². The Hall–Kier alpha value is -1.09. The maximum Gasteiger partial charge on any atom is 0.0668 e. The van der Waals surface area contributed by atoms with Crippen LogP contribution in [-0.2, 0) is 7.05 Å². The third-order valence-corrected chi connectivity index (χ3v) is 2.61. The molecule has 0 amide bonds. The van der Waals surface area contributed by atoms with Crippen LogP contribution in [0, 0.1) is 13.8 Å². The average molecular weight is 207 g/mol. The van der Waals surface area contributed by atoms with E-state index in [2.05, 4.69) is 44.2 Å². The molecule has 0 aliphatic carbocycles. The lowest BCUT2D eigenvalue weighted by Gasteiger charge is -2.02. The van der Waals surface area contributed by atoms with Gasteiger partial charge in [-0.25, -0.2) is 0 Å². The summed E-state index contributed by atoms with van der Waals surface area (Å²) < 4.78 is 1.93. The topological polar surface area (TPSA) is 29.9 Å². The third-order valence-electron chi connectivity index (χ3n) is 2.61. The van der Waals surface area contributed by atoms with Crippen LogP contribution < -0.4 is 5.32 Å². The van der Waals surface area contributed by atoms with E-state index in [-0.39, 0.29) is 0 Å². The lowest BCUT2D eigenvalue weighted by Crippen LogP contribution is -2.14. The summed E-state index contributed by atoms with van der Waals surface area (Å²) in [6.07, 6.45) is 2.22. The van der Waals surface area contributed by atoms with Crippen molar-refractivity contribution >= 4 is 6.08 Å². The molecule has 15 heavy (non-hydrogen) atoms. The van der Waals surface area contributed by atoms with Gasteiger partial charge in [0, 0.05) is 24.8 Å². The lowest BCUT2D eigenvalue weighted by atomic mass is 10.1. The van der Waals surface area contributed by atoms with Gasteiger partial charge in [-0.1, -0.05) is 18.6 Å². The molecule has 1 rings (SSSR count).